The van der Waals surface area contributed by atoms with E-state index in [0.29, 0.717) is 11.3 Å². The third-order valence-electron chi connectivity index (χ3n) is 2.40. The van der Waals surface area contributed by atoms with Gasteiger partial charge in [-0.25, -0.2) is 0 Å². The standard InChI is InChI=1S/C13H11N3O/c1-3-5-15-13(17)11-7-10-8-14-6-4-12(10)16-9(11)2/h1,4,6-8H,5H2,2H3,(H,15,17). The van der Waals surface area contributed by atoms with E-state index in [1.54, 1.807) is 25.4 Å². The molecule has 0 aliphatic carbocycles. The van der Waals surface area contributed by atoms with E-state index in [1.807, 2.05) is 6.07 Å². The first kappa shape index (κ1) is 11.1. The van der Waals surface area contributed by atoms with E-state index in [1.165, 1.54) is 0 Å². The first-order valence-corrected chi connectivity index (χ1v) is 5.15. The minimum Gasteiger partial charge on any atom is -0.341 e. The quantitative estimate of drug-likeness (QED) is 0.784. The molecular weight excluding hydrogens is 214 g/mol. The molecule has 0 fully saturated rings. The van der Waals surface area contributed by atoms with Crippen molar-refractivity contribution in [1.82, 2.24) is 15.3 Å². The Morgan fingerprint density at radius 3 is 3.18 bits per heavy atom. The van der Waals surface area contributed by atoms with E-state index < -0.39 is 0 Å². The van der Waals surface area contributed by atoms with Crippen molar-refractivity contribution in [2.24, 2.45) is 0 Å². The second-order valence-electron chi connectivity index (χ2n) is 3.58. The Labute approximate surface area is 99.1 Å². The lowest BCUT2D eigenvalue weighted by molar-refractivity contribution is 0.0958. The van der Waals surface area contributed by atoms with Crippen molar-refractivity contribution in [2.45, 2.75) is 6.92 Å². The predicted molar refractivity (Wildman–Crippen MR) is 65.4 cm³/mol. The minimum atomic E-state index is -0.210. The van der Waals surface area contributed by atoms with Crippen LogP contribution >= 0.6 is 0 Å². The molecule has 84 valence electrons. The fourth-order valence-electron chi connectivity index (χ4n) is 1.57. The molecule has 2 rings (SSSR count). The average molecular weight is 225 g/mol. The zero-order chi connectivity index (χ0) is 12.3. The molecule has 0 atom stereocenters. The number of terminal acetylenes is 1. The van der Waals surface area contributed by atoms with E-state index in [-0.39, 0.29) is 12.5 Å². The largest absolute Gasteiger partial charge is 0.341 e. The van der Waals surface area contributed by atoms with Gasteiger partial charge < -0.3 is 5.32 Å². The van der Waals surface area contributed by atoms with E-state index in [4.69, 9.17) is 6.42 Å². The number of aryl methyl sites for hydroxylation is 1. The maximum Gasteiger partial charge on any atom is 0.253 e. The van der Waals surface area contributed by atoms with Crippen LogP contribution in [0.2, 0.25) is 0 Å². The molecule has 0 unspecified atom stereocenters. The SMILES string of the molecule is C#CCNC(=O)c1cc2cnccc2nc1C. The number of pyridine rings is 2. The molecule has 0 aliphatic rings. The first-order chi connectivity index (χ1) is 8.22. The Kier molecular flexibility index (Phi) is 3.01. The molecule has 4 heteroatoms. The van der Waals surface area contributed by atoms with Gasteiger partial charge in [0.15, 0.2) is 0 Å². The second kappa shape index (κ2) is 4.62. The fourth-order valence-corrected chi connectivity index (χ4v) is 1.57. The van der Waals surface area contributed by atoms with Crippen LogP contribution in [-0.4, -0.2) is 22.4 Å². The van der Waals surface area contributed by atoms with Gasteiger partial charge in [-0.1, -0.05) is 5.92 Å². The molecule has 0 aliphatic heterocycles. The summed E-state index contributed by atoms with van der Waals surface area (Å²) in [5, 5.41) is 3.46. The zero-order valence-electron chi connectivity index (χ0n) is 9.40. The summed E-state index contributed by atoms with van der Waals surface area (Å²) in [6.07, 6.45) is 8.45. The number of rotatable bonds is 2. The summed E-state index contributed by atoms with van der Waals surface area (Å²) < 4.78 is 0. The third kappa shape index (κ3) is 2.23. The monoisotopic (exact) mass is 225 g/mol. The van der Waals surface area contributed by atoms with Gasteiger partial charge in [-0.05, 0) is 19.1 Å². The highest BCUT2D eigenvalue weighted by Gasteiger charge is 2.10. The van der Waals surface area contributed by atoms with Crippen molar-refractivity contribution < 1.29 is 4.79 Å². The lowest BCUT2D eigenvalue weighted by Crippen LogP contribution is -2.24. The third-order valence-corrected chi connectivity index (χ3v) is 2.40. The molecule has 2 aromatic rings. The second-order valence-corrected chi connectivity index (χ2v) is 3.58. The van der Waals surface area contributed by atoms with Crippen LogP contribution in [0.3, 0.4) is 0 Å². The van der Waals surface area contributed by atoms with Crippen molar-refractivity contribution in [2.75, 3.05) is 6.54 Å². The van der Waals surface area contributed by atoms with Gasteiger partial charge in [0.05, 0.1) is 23.3 Å². The van der Waals surface area contributed by atoms with Gasteiger partial charge in [0.1, 0.15) is 0 Å². The molecule has 2 aromatic heterocycles. The summed E-state index contributed by atoms with van der Waals surface area (Å²) >= 11 is 0. The molecule has 0 spiro atoms. The van der Waals surface area contributed by atoms with Crippen LogP contribution in [0.15, 0.2) is 24.5 Å². The number of nitrogens with one attached hydrogen (secondary N) is 1. The van der Waals surface area contributed by atoms with Crippen LogP contribution in [-0.2, 0) is 0 Å². The highest BCUT2D eigenvalue weighted by Crippen LogP contribution is 2.14. The van der Waals surface area contributed by atoms with Gasteiger partial charge in [0, 0.05) is 17.8 Å². The summed E-state index contributed by atoms with van der Waals surface area (Å²) in [4.78, 5) is 20.2. The maximum atomic E-state index is 11.8. The molecule has 0 radical (unpaired) electrons. The van der Waals surface area contributed by atoms with E-state index in [2.05, 4.69) is 21.2 Å². The number of carbonyl (C=O) groups excluding carboxylic acids is 1. The van der Waals surface area contributed by atoms with Gasteiger partial charge in [-0.15, -0.1) is 6.42 Å². The smallest absolute Gasteiger partial charge is 0.253 e. The van der Waals surface area contributed by atoms with Gasteiger partial charge in [0.25, 0.3) is 5.91 Å². The summed E-state index contributed by atoms with van der Waals surface area (Å²) in [6, 6.07) is 3.59. The summed E-state index contributed by atoms with van der Waals surface area (Å²) in [5.41, 5.74) is 2.03. The molecule has 0 saturated carbocycles. The number of hydrogen-bond acceptors (Lipinski definition) is 3. The number of carbonyl (C=O) groups is 1. The first-order valence-electron chi connectivity index (χ1n) is 5.15. The molecule has 0 aromatic carbocycles. The normalized spacial score (nSPS) is 9.88. The maximum absolute atomic E-state index is 11.8. The number of aromatic nitrogens is 2. The Balaban J connectivity index is 2.44. The van der Waals surface area contributed by atoms with Gasteiger partial charge in [-0.2, -0.15) is 0 Å². The Morgan fingerprint density at radius 1 is 1.59 bits per heavy atom. The number of nitrogens with zero attached hydrogens (tertiary/aromatic N) is 2. The number of fused-ring (bicyclic) bond motifs is 1. The van der Waals surface area contributed by atoms with Crippen molar-refractivity contribution >= 4 is 16.8 Å². The Hall–Kier alpha value is -2.41. The number of amides is 1. The summed E-state index contributed by atoms with van der Waals surface area (Å²) in [6.45, 7) is 2.01. The lowest BCUT2D eigenvalue weighted by Gasteiger charge is -2.06. The molecule has 0 bridgehead atoms. The predicted octanol–water partition coefficient (Wildman–Crippen LogP) is 1.30. The minimum absolute atomic E-state index is 0.210. The average Bonchev–Trinajstić information content (AvgIpc) is 2.35. The molecule has 2 heterocycles. The molecule has 17 heavy (non-hydrogen) atoms. The van der Waals surface area contributed by atoms with Crippen LogP contribution in [0, 0.1) is 19.3 Å². The van der Waals surface area contributed by atoms with Crippen molar-refractivity contribution in [3.05, 3.63) is 35.8 Å². The van der Waals surface area contributed by atoms with E-state index in [0.717, 1.165) is 10.9 Å². The Bertz CT molecular complexity index is 614. The van der Waals surface area contributed by atoms with Crippen LogP contribution in [0.4, 0.5) is 0 Å². The lowest BCUT2D eigenvalue weighted by atomic mass is 10.1. The highest BCUT2D eigenvalue weighted by molar-refractivity contribution is 5.98. The van der Waals surface area contributed by atoms with Gasteiger partial charge in [-0.3, -0.25) is 14.8 Å². The highest BCUT2D eigenvalue weighted by atomic mass is 16.1. The van der Waals surface area contributed by atoms with Crippen molar-refractivity contribution in [1.29, 1.82) is 0 Å². The summed E-state index contributed by atoms with van der Waals surface area (Å²) in [7, 11) is 0. The summed E-state index contributed by atoms with van der Waals surface area (Å²) in [5.74, 6) is 2.15. The molecular formula is C13H11N3O. The van der Waals surface area contributed by atoms with E-state index in [9.17, 15) is 4.79 Å². The number of hydrogen-bond donors (Lipinski definition) is 1. The van der Waals surface area contributed by atoms with Crippen molar-refractivity contribution in [3.63, 3.8) is 0 Å². The van der Waals surface area contributed by atoms with E-state index >= 15 is 0 Å². The zero-order valence-corrected chi connectivity index (χ0v) is 9.40. The van der Waals surface area contributed by atoms with Crippen LogP contribution < -0.4 is 5.32 Å². The van der Waals surface area contributed by atoms with Crippen LogP contribution in [0.5, 0.6) is 0 Å². The van der Waals surface area contributed by atoms with Crippen molar-refractivity contribution in [3.8, 4) is 12.3 Å². The van der Waals surface area contributed by atoms with Gasteiger partial charge >= 0.3 is 0 Å². The van der Waals surface area contributed by atoms with Crippen LogP contribution in [0.25, 0.3) is 10.9 Å². The molecule has 0 saturated heterocycles. The van der Waals surface area contributed by atoms with Crippen LogP contribution in [0.1, 0.15) is 16.1 Å². The fraction of sp³-hybridized carbons (Fsp3) is 0.154. The molecule has 1 N–H and O–H groups in total. The topological polar surface area (TPSA) is 54.9 Å². The molecule has 1 amide bonds. The molecule has 4 nitrogen and oxygen atoms in total. The van der Waals surface area contributed by atoms with Gasteiger partial charge in [0.2, 0.25) is 0 Å². The Morgan fingerprint density at radius 2 is 2.41 bits per heavy atom.